The molecule has 0 aliphatic heterocycles. The lowest BCUT2D eigenvalue weighted by Gasteiger charge is -2.14. The minimum absolute atomic E-state index is 0.276. The molecular formula is C18H18F2. The molecule has 0 bridgehead atoms. The van der Waals surface area contributed by atoms with E-state index in [-0.39, 0.29) is 11.6 Å². The molecule has 0 saturated carbocycles. The molecule has 0 aliphatic rings. The number of hydrogen-bond donors (Lipinski definition) is 0. The van der Waals surface area contributed by atoms with E-state index in [1.54, 1.807) is 12.1 Å². The van der Waals surface area contributed by atoms with Crippen LogP contribution in [0.5, 0.6) is 0 Å². The summed E-state index contributed by atoms with van der Waals surface area (Å²) in [5, 5.41) is 0. The van der Waals surface area contributed by atoms with Crippen LogP contribution in [0.4, 0.5) is 8.78 Å². The van der Waals surface area contributed by atoms with Crippen molar-refractivity contribution in [3.05, 3.63) is 76.4 Å². The summed E-state index contributed by atoms with van der Waals surface area (Å²) in [5.41, 5.74) is 4.49. The molecule has 0 N–H and O–H groups in total. The molecule has 0 radical (unpaired) electrons. The van der Waals surface area contributed by atoms with Crippen LogP contribution in [-0.4, -0.2) is 0 Å². The van der Waals surface area contributed by atoms with E-state index in [9.17, 15) is 8.78 Å². The SMILES string of the molecule is CCC=C(c1cc(F)ccc1C)c1cc(F)ccc1C. The minimum atomic E-state index is -0.276. The Morgan fingerprint density at radius 3 is 1.75 bits per heavy atom. The first-order chi connectivity index (χ1) is 9.52. The predicted octanol–water partition coefficient (Wildman–Crippen LogP) is 5.42. The van der Waals surface area contributed by atoms with E-state index in [4.69, 9.17) is 0 Å². The highest BCUT2D eigenvalue weighted by Gasteiger charge is 2.12. The van der Waals surface area contributed by atoms with Crippen molar-refractivity contribution < 1.29 is 8.78 Å². The van der Waals surface area contributed by atoms with Crippen molar-refractivity contribution in [2.24, 2.45) is 0 Å². The van der Waals surface area contributed by atoms with Crippen LogP contribution >= 0.6 is 0 Å². The summed E-state index contributed by atoms with van der Waals surface area (Å²) in [5.74, 6) is -0.552. The highest BCUT2D eigenvalue weighted by molar-refractivity contribution is 5.82. The molecule has 0 spiro atoms. The first-order valence-corrected chi connectivity index (χ1v) is 6.76. The number of rotatable bonds is 3. The third-order valence-corrected chi connectivity index (χ3v) is 3.39. The zero-order valence-corrected chi connectivity index (χ0v) is 12.0. The third kappa shape index (κ3) is 2.96. The number of benzene rings is 2. The number of hydrogen-bond acceptors (Lipinski definition) is 0. The van der Waals surface area contributed by atoms with Crippen LogP contribution < -0.4 is 0 Å². The van der Waals surface area contributed by atoms with E-state index in [2.05, 4.69) is 0 Å². The maximum Gasteiger partial charge on any atom is 0.123 e. The highest BCUT2D eigenvalue weighted by atomic mass is 19.1. The average Bonchev–Trinajstić information content (AvgIpc) is 2.42. The number of aryl methyl sites for hydroxylation is 2. The Balaban J connectivity index is 2.66. The lowest BCUT2D eigenvalue weighted by atomic mass is 9.91. The molecule has 2 rings (SSSR count). The molecule has 0 unspecified atom stereocenters. The van der Waals surface area contributed by atoms with E-state index in [1.807, 2.05) is 26.8 Å². The van der Waals surface area contributed by atoms with Gasteiger partial charge in [-0.2, -0.15) is 0 Å². The average molecular weight is 272 g/mol. The largest absolute Gasteiger partial charge is 0.207 e. The molecule has 0 fully saturated rings. The Bertz CT molecular complexity index is 601. The fourth-order valence-corrected chi connectivity index (χ4v) is 2.34. The van der Waals surface area contributed by atoms with Gasteiger partial charge in [-0.05, 0) is 72.4 Å². The van der Waals surface area contributed by atoms with Crippen LogP contribution in [0.1, 0.15) is 35.6 Å². The van der Waals surface area contributed by atoms with Crippen LogP contribution in [-0.2, 0) is 0 Å². The van der Waals surface area contributed by atoms with Crippen molar-refractivity contribution in [1.29, 1.82) is 0 Å². The summed E-state index contributed by atoms with van der Waals surface area (Å²) in [4.78, 5) is 0. The van der Waals surface area contributed by atoms with Gasteiger partial charge in [-0.25, -0.2) is 8.78 Å². The van der Waals surface area contributed by atoms with Crippen LogP contribution in [0, 0.1) is 25.5 Å². The van der Waals surface area contributed by atoms with Crippen molar-refractivity contribution >= 4 is 5.57 Å². The summed E-state index contributed by atoms with van der Waals surface area (Å²) in [6, 6.07) is 9.43. The second-order valence-electron chi connectivity index (χ2n) is 4.94. The second kappa shape index (κ2) is 6.00. The van der Waals surface area contributed by atoms with Crippen LogP contribution in [0.25, 0.3) is 5.57 Å². The van der Waals surface area contributed by atoms with E-state index in [0.717, 1.165) is 34.2 Å². The van der Waals surface area contributed by atoms with Crippen LogP contribution in [0.2, 0.25) is 0 Å². The van der Waals surface area contributed by atoms with E-state index >= 15 is 0 Å². The maximum absolute atomic E-state index is 13.5. The molecule has 0 atom stereocenters. The monoisotopic (exact) mass is 272 g/mol. The van der Waals surface area contributed by atoms with Gasteiger partial charge < -0.3 is 0 Å². The van der Waals surface area contributed by atoms with Gasteiger partial charge in [-0.1, -0.05) is 25.1 Å². The summed E-state index contributed by atoms with van der Waals surface area (Å²) >= 11 is 0. The molecule has 2 aromatic rings. The number of halogens is 2. The lowest BCUT2D eigenvalue weighted by Crippen LogP contribution is -1.96. The van der Waals surface area contributed by atoms with Gasteiger partial charge in [-0.15, -0.1) is 0 Å². The zero-order chi connectivity index (χ0) is 14.7. The molecule has 0 nitrogen and oxygen atoms in total. The van der Waals surface area contributed by atoms with Gasteiger partial charge in [0.2, 0.25) is 0 Å². The Morgan fingerprint density at radius 2 is 1.35 bits per heavy atom. The highest BCUT2D eigenvalue weighted by Crippen LogP contribution is 2.30. The normalized spacial score (nSPS) is 10.4. The Labute approximate surface area is 118 Å². The Kier molecular flexibility index (Phi) is 4.33. The van der Waals surface area contributed by atoms with Crippen molar-refractivity contribution in [2.75, 3.05) is 0 Å². The fourth-order valence-electron chi connectivity index (χ4n) is 2.34. The molecule has 0 saturated heterocycles. The first-order valence-electron chi connectivity index (χ1n) is 6.76. The summed E-state index contributed by atoms with van der Waals surface area (Å²) in [7, 11) is 0. The zero-order valence-electron chi connectivity index (χ0n) is 12.0. The van der Waals surface area contributed by atoms with Gasteiger partial charge in [0.15, 0.2) is 0 Å². The summed E-state index contributed by atoms with van der Waals surface area (Å²) in [6.07, 6.45) is 2.82. The van der Waals surface area contributed by atoms with Gasteiger partial charge in [0.1, 0.15) is 11.6 Å². The Hall–Kier alpha value is -1.96. The molecule has 0 aromatic heterocycles. The van der Waals surface area contributed by atoms with Gasteiger partial charge in [0.25, 0.3) is 0 Å². The molecule has 2 heteroatoms. The van der Waals surface area contributed by atoms with Crippen molar-refractivity contribution in [3.63, 3.8) is 0 Å². The van der Waals surface area contributed by atoms with Crippen LogP contribution in [0.3, 0.4) is 0 Å². The predicted molar refractivity (Wildman–Crippen MR) is 79.6 cm³/mol. The lowest BCUT2D eigenvalue weighted by molar-refractivity contribution is 0.626. The van der Waals surface area contributed by atoms with Crippen molar-refractivity contribution in [3.8, 4) is 0 Å². The Morgan fingerprint density at radius 1 is 0.900 bits per heavy atom. The smallest absolute Gasteiger partial charge is 0.123 e. The van der Waals surface area contributed by atoms with Gasteiger partial charge in [-0.3, -0.25) is 0 Å². The molecule has 0 heterocycles. The van der Waals surface area contributed by atoms with Crippen LogP contribution in [0.15, 0.2) is 42.5 Å². The van der Waals surface area contributed by atoms with Gasteiger partial charge in [0.05, 0.1) is 0 Å². The molecule has 2 aromatic carbocycles. The standard InChI is InChI=1S/C18H18F2/c1-4-5-16(17-10-14(19)8-6-12(17)2)18-11-15(20)9-7-13(18)3/h5-11H,4H2,1-3H3. The van der Waals surface area contributed by atoms with E-state index < -0.39 is 0 Å². The topological polar surface area (TPSA) is 0 Å². The van der Waals surface area contributed by atoms with Crippen molar-refractivity contribution in [2.45, 2.75) is 27.2 Å². The second-order valence-corrected chi connectivity index (χ2v) is 4.94. The molecule has 0 aliphatic carbocycles. The fraction of sp³-hybridized carbons (Fsp3) is 0.222. The molecule has 104 valence electrons. The molecular weight excluding hydrogens is 254 g/mol. The summed E-state index contributed by atoms with van der Waals surface area (Å²) in [6.45, 7) is 5.89. The van der Waals surface area contributed by atoms with E-state index in [0.29, 0.717) is 0 Å². The summed E-state index contributed by atoms with van der Waals surface area (Å²) < 4.78 is 27.1. The molecule has 20 heavy (non-hydrogen) atoms. The number of allylic oxidation sites excluding steroid dienone is 1. The maximum atomic E-state index is 13.5. The van der Waals surface area contributed by atoms with E-state index in [1.165, 1.54) is 24.3 Å². The minimum Gasteiger partial charge on any atom is -0.207 e. The van der Waals surface area contributed by atoms with Gasteiger partial charge >= 0.3 is 0 Å². The quantitative estimate of drug-likeness (QED) is 0.699. The third-order valence-electron chi connectivity index (χ3n) is 3.39. The van der Waals surface area contributed by atoms with Crippen molar-refractivity contribution in [1.82, 2.24) is 0 Å². The van der Waals surface area contributed by atoms with Gasteiger partial charge in [0, 0.05) is 0 Å². The first kappa shape index (κ1) is 14.4. The molecule has 0 amide bonds.